The molecule has 1 N–H and O–H groups in total. The summed E-state index contributed by atoms with van der Waals surface area (Å²) in [4.78, 5) is 13.4. The molecule has 3 heteroatoms. The van der Waals surface area contributed by atoms with Gasteiger partial charge in [-0.3, -0.25) is 4.79 Å². The summed E-state index contributed by atoms with van der Waals surface area (Å²) < 4.78 is 0. The minimum Gasteiger partial charge on any atom is -0.344 e. The number of nitrogens with one attached hydrogen (secondary N) is 1. The third kappa shape index (κ3) is 4.09. The smallest absolute Gasteiger partial charge is 0.236 e. The van der Waals surface area contributed by atoms with Crippen molar-refractivity contribution in [1.82, 2.24) is 10.2 Å². The molecule has 1 atom stereocenters. The second kappa shape index (κ2) is 5.35. The molecule has 1 aliphatic rings. The number of carbonyl (C=O) groups is 1. The fraction of sp³-hybridized carbons (Fsp3) is 0.909. The third-order valence-electron chi connectivity index (χ3n) is 2.87. The Balaban J connectivity index is 2.12. The Morgan fingerprint density at radius 1 is 1.57 bits per heavy atom. The van der Waals surface area contributed by atoms with Crippen molar-refractivity contribution in [2.24, 2.45) is 5.92 Å². The van der Waals surface area contributed by atoms with Crippen LogP contribution in [-0.4, -0.2) is 37.0 Å². The SMILES string of the molecule is CCC(C)NCC(=O)N(C)CC1CC1. The Morgan fingerprint density at radius 3 is 2.71 bits per heavy atom. The van der Waals surface area contributed by atoms with E-state index in [-0.39, 0.29) is 5.91 Å². The minimum absolute atomic E-state index is 0.220. The predicted octanol–water partition coefficient (Wildman–Crippen LogP) is 1.24. The van der Waals surface area contributed by atoms with E-state index in [4.69, 9.17) is 0 Å². The van der Waals surface area contributed by atoms with Crippen LogP contribution in [0.2, 0.25) is 0 Å². The van der Waals surface area contributed by atoms with Gasteiger partial charge in [0.05, 0.1) is 6.54 Å². The largest absolute Gasteiger partial charge is 0.344 e. The summed E-state index contributed by atoms with van der Waals surface area (Å²) in [5, 5.41) is 3.22. The molecule has 0 radical (unpaired) electrons. The van der Waals surface area contributed by atoms with Gasteiger partial charge >= 0.3 is 0 Å². The van der Waals surface area contributed by atoms with Gasteiger partial charge in [-0.15, -0.1) is 0 Å². The highest BCUT2D eigenvalue weighted by atomic mass is 16.2. The van der Waals surface area contributed by atoms with Gasteiger partial charge in [0.25, 0.3) is 0 Å². The van der Waals surface area contributed by atoms with Crippen molar-refractivity contribution in [1.29, 1.82) is 0 Å². The Bertz CT molecular complexity index is 190. The number of carbonyl (C=O) groups excluding carboxylic acids is 1. The van der Waals surface area contributed by atoms with E-state index in [2.05, 4.69) is 19.2 Å². The number of amides is 1. The lowest BCUT2D eigenvalue weighted by Gasteiger charge is -2.18. The lowest BCUT2D eigenvalue weighted by molar-refractivity contribution is -0.129. The standard InChI is InChI=1S/C11H22N2O/c1-4-9(2)12-7-11(14)13(3)8-10-5-6-10/h9-10,12H,4-8H2,1-3H3. The van der Waals surface area contributed by atoms with E-state index >= 15 is 0 Å². The predicted molar refractivity (Wildman–Crippen MR) is 58.1 cm³/mol. The highest BCUT2D eigenvalue weighted by Gasteiger charge is 2.24. The summed E-state index contributed by atoms with van der Waals surface area (Å²) in [5.41, 5.74) is 0. The number of rotatable bonds is 6. The van der Waals surface area contributed by atoms with Gasteiger partial charge in [-0.2, -0.15) is 0 Å². The van der Waals surface area contributed by atoms with E-state index in [0.717, 1.165) is 18.9 Å². The molecule has 1 amide bonds. The first-order valence-electron chi connectivity index (χ1n) is 5.60. The Hall–Kier alpha value is -0.570. The molecule has 1 unspecified atom stereocenters. The van der Waals surface area contributed by atoms with Crippen LogP contribution in [0.25, 0.3) is 0 Å². The van der Waals surface area contributed by atoms with Crippen molar-refractivity contribution in [2.45, 2.75) is 39.2 Å². The molecule has 82 valence electrons. The summed E-state index contributed by atoms with van der Waals surface area (Å²) in [6.07, 6.45) is 3.67. The summed E-state index contributed by atoms with van der Waals surface area (Å²) in [6, 6.07) is 0.438. The van der Waals surface area contributed by atoms with Crippen LogP contribution < -0.4 is 5.32 Å². The van der Waals surface area contributed by atoms with Crippen molar-refractivity contribution < 1.29 is 4.79 Å². The maximum Gasteiger partial charge on any atom is 0.236 e. The quantitative estimate of drug-likeness (QED) is 0.696. The van der Waals surface area contributed by atoms with Crippen LogP contribution in [0.5, 0.6) is 0 Å². The Kier molecular flexibility index (Phi) is 4.39. The zero-order chi connectivity index (χ0) is 10.6. The van der Waals surface area contributed by atoms with Crippen LogP contribution in [0.15, 0.2) is 0 Å². The second-order valence-electron chi connectivity index (χ2n) is 4.41. The van der Waals surface area contributed by atoms with E-state index in [1.54, 1.807) is 0 Å². The molecule has 0 aromatic rings. The highest BCUT2D eigenvalue weighted by molar-refractivity contribution is 5.78. The monoisotopic (exact) mass is 198 g/mol. The molecule has 1 rings (SSSR count). The molecule has 0 aliphatic heterocycles. The fourth-order valence-electron chi connectivity index (χ4n) is 1.33. The number of hydrogen-bond donors (Lipinski definition) is 1. The zero-order valence-electron chi connectivity index (χ0n) is 9.55. The topological polar surface area (TPSA) is 32.3 Å². The summed E-state index contributed by atoms with van der Waals surface area (Å²) >= 11 is 0. The van der Waals surface area contributed by atoms with Crippen LogP contribution >= 0.6 is 0 Å². The van der Waals surface area contributed by atoms with Gasteiger partial charge in [0.2, 0.25) is 5.91 Å². The molecule has 0 bridgehead atoms. The van der Waals surface area contributed by atoms with Crippen LogP contribution in [0.4, 0.5) is 0 Å². The minimum atomic E-state index is 0.220. The van der Waals surface area contributed by atoms with E-state index in [0.29, 0.717) is 12.6 Å². The first kappa shape index (κ1) is 11.5. The number of hydrogen-bond acceptors (Lipinski definition) is 2. The van der Waals surface area contributed by atoms with Crippen LogP contribution in [0.1, 0.15) is 33.1 Å². The van der Waals surface area contributed by atoms with Crippen molar-refractivity contribution in [3.63, 3.8) is 0 Å². The maximum absolute atomic E-state index is 11.6. The number of likely N-dealkylation sites (N-methyl/N-ethyl adjacent to an activating group) is 1. The molecule has 3 nitrogen and oxygen atoms in total. The van der Waals surface area contributed by atoms with E-state index < -0.39 is 0 Å². The van der Waals surface area contributed by atoms with Crippen LogP contribution in [0, 0.1) is 5.92 Å². The van der Waals surface area contributed by atoms with Gasteiger partial charge in [0.1, 0.15) is 0 Å². The summed E-state index contributed by atoms with van der Waals surface area (Å²) in [6.45, 7) is 5.66. The third-order valence-corrected chi connectivity index (χ3v) is 2.87. The van der Waals surface area contributed by atoms with Gasteiger partial charge in [-0.1, -0.05) is 6.92 Å². The molecule has 1 aliphatic carbocycles. The van der Waals surface area contributed by atoms with E-state index in [1.807, 2.05) is 11.9 Å². The Labute approximate surface area is 86.9 Å². The summed E-state index contributed by atoms with van der Waals surface area (Å²) in [7, 11) is 1.90. The molecule has 0 spiro atoms. The fourth-order valence-corrected chi connectivity index (χ4v) is 1.33. The summed E-state index contributed by atoms with van der Waals surface area (Å²) in [5.74, 6) is 1.00. The molecule has 1 fully saturated rings. The molecular weight excluding hydrogens is 176 g/mol. The van der Waals surface area contributed by atoms with Gasteiger partial charge in [0.15, 0.2) is 0 Å². The van der Waals surface area contributed by atoms with Crippen LogP contribution in [-0.2, 0) is 4.79 Å². The number of nitrogens with zero attached hydrogens (tertiary/aromatic N) is 1. The lowest BCUT2D eigenvalue weighted by atomic mass is 10.2. The normalized spacial score (nSPS) is 17.9. The molecule has 0 saturated heterocycles. The average molecular weight is 198 g/mol. The molecule has 1 saturated carbocycles. The van der Waals surface area contributed by atoms with Crippen LogP contribution in [0.3, 0.4) is 0 Å². The van der Waals surface area contributed by atoms with Crippen molar-refractivity contribution >= 4 is 5.91 Å². The van der Waals surface area contributed by atoms with E-state index in [1.165, 1.54) is 12.8 Å². The van der Waals surface area contributed by atoms with Crippen molar-refractivity contribution in [2.75, 3.05) is 20.1 Å². The highest BCUT2D eigenvalue weighted by Crippen LogP contribution is 2.29. The second-order valence-corrected chi connectivity index (χ2v) is 4.41. The maximum atomic E-state index is 11.6. The van der Waals surface area contributed by atoms with E-state index in [9.17, 15) is 4.79 Å². The van der Waals surface area contributed by atoms with Gasteiger partial charge < -0.3 is 10.2 Å². The zero-order valence-corrected chi connectivity index (χ0v) is 9.55. The molecule has 14 heavy (non-hydrogen) atoms. The molecule has 0 aromatic carbocycles. The van der Waals surface area contributed by atoms with Crippen molar-refractivity contribution in [3.8, 4) is 0 Å². The molecular formula is C11H22N2O. The molecule has 0 aromatic heterocycles. The van der Waals surface area contributed by atoms with Gasteiger partial charge in [-0.05, 0) is 32.1 Å². The molecule has 0 heterocycles. The van der Waals surface area contributed by atoms with Crippen molar-refractivity contribution in [3.05, 3.63) is 0 Å². The first-order valence-corrected chi connectivity index (χ1v) is 5.60. The average Bonchev–Trinajstić information content (AvgIpc) is 2.97. The lowest BCUT2D eigenvalue weighted by Crippen LogP contribution is -2.39. The van der Waals surface area contributed by atoms with Gasteiger partial charge in [-0.25, -0.2) is 0 Å². The Morgan fingerprint density at radius 2 is 2.21 bits per heavy atom. The first-order chi connectivity index (χ1) is 6.63. The van der Waals surface area contributed by atoms with Gasteiger partial charge in [0, 0.05) is 19.6 Å².